The second-order valence-electron chi connectivity index (χ2n) is 7.82. The molecule has 2 N–H and O–H groups in total. The number of nitrogens with zero attached hydrogens (tertiary/aromatic N) is 1. The van der Waals surface area contributed by atoms with E-state index in [9.17, 15) is 14.4 Å². The van der Waals surface area contributed by atoms with Crippen LogP contribution >= 0.6 is 0 Å². The van der Waals surface area contributed by atoms with Crippen LogP contribution in [0.5, 0.6) is 0 Å². The van der Waals surface area contributed by atoms with Crippen LogP contribution < -0.4 is 10.6 Å². The Morgan fingerprint density at radius 3 is 2.23 bits per heavy atom. The molecule has 1 amide bonds. The second kappa shape index (κ2) is 9.50. The molecule has 0 fully saturated rings. The van der Waals surface area contributed by atoms with E-state index in [0.29, 0.717) is 16.8 Å². The first-order valence-electron chi connectivity index (χ1n) is 11.3. The lowest BCUT2D eigenvalue weighted by Crippen LogP contribution is -2.51. The molecule has 1 atom stereocenters. The summed E-state index contributed by atoms with van der Waals surface area (Å²) >= 11 is 0. The monoisotopic (exact) mass is 474 g/mol. The predicted octanol–water partition coefficient (Wildman–Crippen LogP) is 3.20. The summed E-state index contributed by atoms with van der Waals surface area (Å²) in [5.74, 6) is -2.49. The first-order chi connectivity index (χ1) is 16.9. The lowest BCUT2D eigenvalue weighted by Gasteiger charge is -2.36. The molecule has 2 aliphatic heterocycles. The fourth-order valence-electron chi connectivity index (χ4n) is 4.64. The lowest BCUT2D eigenvalue weighted by atomic mass is 9.67. The molecule has 0 aliphatic carbocycles. The number of benzene rings is 2. The van der Waals surface area contributed by atoms with E-state index < -0.39 is 23.3 Å². The number of anilines is 1. The Kier molecular flexibility index (Phi) is 6.46. The number of ether oxygens (including phenoxy) is 3. The second-order valence-corrected chi connectivity index (χ2v) is 7.82. The number of carbonyl (C=O) groups excluding carboxylic acids is 3. The van der Waals surface area contributed by atoms with E-state index in [4.69, 9.17) is 19.9 Å². The van der Waals surface area contributed by atoms with Crippen LogP contribution in [0.3, 0.4) is 0 Å². The van der Waals surface area contributed by atoms with E-state index in [0.717, 1.165) is 0 Å². The average molecular weight is 475 g/mol. The first-order valence-corrected chi connectivity index (χ1v) is 11.3. The molecule has 0 radical (unpaired) electrons. The maximum absolute atomic E-state index is 14.4. The van der Waals surface area contributed by atoms with Crippen LogP contribution in [-0.2, 0) is 34.0 Å². The minimum Gasteiger partial charge on any atom is -0.462 e. The Balaban J connectivity index is 2.16. The molecule has 0 saturated heterocycles. The summed E-state index contributed by atoms with van der Waals surface area (Å²) in [6, 6.07) is 15.7. The number of hydrogen-bond acceptors (Lipinski definition) is 7. The molecule has 1 spiro atoms. The third-order valence-electron chi connectivity index (χ3n) is 5.91. The first kappa shape index (κ1) is 23.8. The fourth-order valence-corrected chi connectivity index (χ4v) is 4.64. The van der Waals surface area contributed by atoms with Gasteiger partial charge in [0, 0.05) is 23.4 Å². The molecular weight excluding hydrogens is 448 g/mol. The molecule has 35 heavy (non-hydrogen) atoms. The molecule has 2 aliphatic rings. The fraction of sp³-hybridized carbons (Fsp3) is 0.222. The van der Waals surface area contributed by atoms with Crippen molar-refractivity contribution in [2.45, 2.75) is 19.3 Å². The summed E-state index contributed by atoms with van der Waals surface area (Å²) in [6.45, 7) is 7.27. The number of para-hydroxylation sites is 1. The highest BCUT2D eigenvalue weighted by atomic mass is 16.5. The van der Waals surface area contributed by atoms with E-state index in [-0.39, 0.29) is 42.5 Å². The molecule has 180 valence electrons. The number of amides is 1. The van der Waals surface area contributed by atoms with Gasteiger partial charge in [0.25, 0.3) is 0 Å². The Hall–Kier alpha value is -4.33. The van der Waals surface area contributed by atoms with Crippen molar-refractivity contribution in [1.29, 1.82) is 0 Å². The summed E-state index contributed by atoms with van der Waals surface area (Å²) in [5, 5.41) is 0. The van der Waals surface area contributed by atoms with Gasteiger partial charge in [0.1, 0.15) is 22.3 Å². The summed E-state index contributed by atoms with van der Waals surface area (Å²) in [6.07, 6.45) is 1.57. The van der Waals surface area contributed by atoms with Crippen molar-refractivity contribution < 1.29 is 28.6 Å². The Morgan fingerprint density at radius 2 is 1.60 bits per heavy atom. The van der Waals surface area contributed by atoms with Crippen molar-refractivity contribution in [2.24, 2.45) is 5.73 Å². The number of esters is 2. The normalized spacial score (nSPS) is 18.9. The predicted molar refractivity (Wildman–Crippen MR) is 130 cm³/mol. The molecule has 0 unspecified atom stereocenters. The van der Waals surface area contributed by atoms with Gasteiger partial charge in [0.2, 0.25) is 11.8 Å². The standard InChI is InChI=1S/C27H26N2O6/c1-4-16-29-19-15-11-10-14-18(19)27(26(29)32)20(24(30)33-5-2)22(17-12-8-7-9-13-17)35-23(28)21(27)25(31)34-6-3/h4,7-15H,1,5-6,16,28H2,2-3H3/t27-/m1/s1. The molecule has 4 rings (SSSR count). The van der Waals surface area contributed by atoms with Crippen LogP contribution in [0.1, 0.15) is 25.0 Å². The van der Waals surface area contributed by atoms with Crippen LogP contribution in [0.15, 0.2) is 84.3 Å². The maximum Gasteiger partial charge on any atom is 0.341 e. The van der Waals surface area contributed by atoms with Gasteiger partial charge in [-0.25, -0.2) is 9.59 Å². The van der Waals surface area contributed by atoms with Crippen molar-refractivity contribution in [3.63, 3.8) is 0 Å². The SMILES string of the molecule is C=CCN1C(=O)[C@]2(C(C(=O)OCC)=C(N)OC(c3ccccc3)=C2C(=O)OCC)c2ccccc21. The molecule has 0 aromatic heterocycles. The van der Waals surface area contributed by atoms with Gasteiger partial charge in [-0.2, -0.15) is 0 Å². The minimum absolute atomic E-state index is 0.0297. The van der Waals surface area contributed by atoms with E-state index in [1.165, 1.54) is 4.90 Å². The molecule has 0 bridgehead atoms. The van der Waals surface area contributed by atoms with Crippen molar-refractivity contribution in [3.8, 4) is 0 Å². The van der Waals surface area contributed by atoms with Gasteiger partial charge in [0.05, 0.1) is 13.2 Å². The maximum atomic E-state index is 14.4. The van der Waals surface area contributed by atoms with Gasteiger partial charge in [-0.1, -0.05) is 54.6 Å². The smallest absolute Gasteiger partial charge is 0.341 e. The average Bonchev–Trinajstić information content (AvgIpc) is 3.08. The lowest BCUT2D eigenvalue weighted by molar-refractivity contribution is -0.143. The number of fused-ring (bicyclic) bond motifs is 2. The zero-order valence-corrected chi connectivity index (χ0v) is 19.6. The van der Waals surface area contributed by atoms with Gasteiger partial charge >= 0.3 is 11.9 Å². The van der Waals surface area contributed by atoms with Gasteiger partial charge in [0.15, 0.2) is 0 Å². The van der Waals surface area contributed by atoms with Crippen molar-refractivity contribution in [2.75, 3.05) is 24.7 Å². The highest BCUT2D eigenvalue weighted by Crippen LogP contribution is 2.55. The molecular formula is C27H26N2O6. The molecule has 8 heteroatoms. The minimum atomic E-state index is -1.94. The quantitative estimate of drug-likeness (QED) is 0.485. The van der Waals surface area contributed by atoms with Gasteiger partial charge in [-0.05, 0) is 19.9 Å². The van der Waals surface area contributed by atoms with Gasteiger partial charge in [-0.3, -0.25) is 4.79 Å². The zero-order chi connectivity index (χ0) is 25.2. The number of nitrogens with two attached hydrogens (primary N) is 1. The van der Waals surface area contributed by atoms with Gasteiger partial charge < -0.3 is 24.8 Å². The third kappa shape index (κ3) is 3.58. The van der Waals surface area contributed by atoms with Crippen LogP contribution in [0.2, 0.25) is 0 Å². The van der Waals surface area contributed by atoms with Gasteiger partial charge in [-0.15, -0.1) is 6.58 Å². The summed E-state index contributed by atoms with van der Waals surface area (Å²) < 4.78 is 16.6. The van der Waals surface area contributed by atoms with E-state index in [2.05, 4.69) is 6.58 Å². The molecule has 2 aromatic rings. The van der Waals surface area contributed by atoms with Crippen molar-refractivity contribution in [3.05, 3.63) is 95.4 Å². The summed E-state index contributed by atoms with van der Waals surface area (Å²) in [5.41, 5.74) is 5.43. The van der Waals surface area contributed by atoms with Crippen LogP contribution in [0.25, 0.3) is 5.76 Å². The van der Waals surface area contributed by atoms with Crippen LogP contribution in [0.4, 0.5) is 5.69 Å². The molecule has 2 aromatic carbocycles. The largest absolute Gasteiger partial charge is 0.462 e. The van der Waals surface area contributed by atoms with Crippen LogP contribution in [-0.4, -0.2) is 37.6 Å². The Bertz CT molecular complexity index is 1260. The number of rotatable bonds is 7. The molecule has 2 heterocycles. The number of carbonyl (C=O) groups is 3. The Labute approximate surface area is 203 Å². The highest BCUT2D eigenvalue weighted by Gasteiger charge is 2.64. The number of hydrogen-bond donors (Lipinski definition) is 1. The van der Waals surface area contributed by atoms with E-state index in [1.807, 2.05) is 0 Å². The Morgan fingerprint density at radius 1 is 1.00 bits per heavy atom. The van der Waals surface area contributed by atoms with E-state index in [1.54, 1.807) is 74.5 Å². The van der Waals surface area contributed by atoms with Crippen molar-refractivity contribution in [1.82, 2.24) is 0 Å². The van der Waals surface area contributed by atoms with Crippen molar-refractivity contribution >= 4 is 29.3 Å². The topological polar surface area (TPSA) is 108 Å². The zero-order valence-electron chi connectivity index (χ0n) is 19.6. The van der Waals surface area contributed by atoms with E-state index >= 15 is 0 Å². The third-order valence-corrected chi connectivity index (χ3v) is 5.91. The molecule has 0 saturated carbocycles. The van der Waals surface area contributed by atoms with Crippen LogP contribution in [0, 0.1) is 0 Å². The summed E-state index contributed by atoms with van der Waals surface area (Å²) in [4.78, 5) is 42.8. The summed E-state index contributed by atoms with van der Waals surface area (Å²) in [7, 11) is 0. The molecule has 8 nitrogen and oxygen atoms in total. The highest BCUT2D eigenvalue weighted by molar-refractivity contribution is 6.24.